The number of phenols is 1. The third-order valence-corrected chi connectivity index (χ3v) is 1.98. The molecule has 1 aromatic heterocycles. The Labute approximate surface area is 83.7 Å². The van der Waals surface area contributed by atoms with Gasteiger partial charge < -0.3 is 15.3 Å². The lowest BCUT2D eigenvalue weighted by Gasteiger charge is -1.99. The van der Waals surface area contributed by atoms with Crippen molar-refractivity contribution in [1.82, 2.24) is 0 Å². The SMILES string of the molecule is NC(=O)c1cc2cc(O)ccc2oc1=O. The fraction of sp³-hybridized carbons (Fsp3) is 0. The number of primary amides is 1. The van der Waals surface area contributed by atoms with Gasteiger partial charge in [-0.15, -0.1) is 0 Å². The molecular formula is C10H7NO4. The molecule has 5 heteroatoms. The van der Waals surface area contributed by atoms with Crippen molar-refractivity contribution in [3.05, 3.63) is 40.2 Å². The van der Waals surface area contributed by atoms with E-state index in [2.05, 4.69) is 0 Å². The first-order valence-electron chi connectivity index (χ1n) is 4.14. The van der Waals surface area contributed by atoms with E-state index in [0.717, 1.165) is 0 Å². The van der Waals surface area contributed by atoms with Crippen molar-refractivity contribution in [3.63, 3.8) is 0 Å². The van der Waals surface area contributed by atoms with Crippen molar-refractivity contribution in [1.29, 1.82) is 0 Å². The van der Waals surface area contributed by atoms with E-state index in [1.807, 2.05) is 0 Å². The van der Waals surface area contributed by atoms with Crippen LogP contribution in [-0.4, -0.2) is 11.0 Å². The van der Waals surface area contributed by atoms with E-state index in [1.165, 1.54) is 24.3 Å². The van der Waals surface area contributed by atoms with Crippen LogP contribution in [0.5, 0.6) is 5.75 Å². The van der Waals surface area contributed by atoms with E-state index in [4.69, 9.17) is 10.2 Å². The van der Waals surface area contributed by atoms with E-state index in [9.17, 15) is 14.7 Å². The van der Waals surface area contributed by atoms with Crippen LogP contribution < -0.4 is 11.4 Å². The molecule has 76 valence electrons. The fourth-order valence-electron chi connectivity index (χ4n) is 1.28. The first kappa shape index (κ1) is 9.26. The number of nitrogens with two attached hydrogens (primary N) is 1. The molecule has 2 aromatic rings. The largest absolute Gasteiger partial charge is 0.508 e. The van der Waals surface area contributed by atoms with E-state index >= 15 is 0 Å². The van der Waals surface area contributed by atoms with Crippen LogP contribution in [0, 0.1) is 0 Å². The minimum atomic E-state index is -0.853. The van der Waals surface area contributed by atoms with Crippen LogP contribution in [0.3, 0.4) is 0 Å². The number of phenolic OH excluding ortho intramolecular Hbond substituents is 1. The first-order chi connectivity index (χ1) is 7.08. The molecule has 0 radical (unpaired) electrons. The van der Waals surface area contributed by atoms with E-state index < -0.39 is 11.5 Å². The molecule has 0 saturated carbocycles. The Morgan fingerprint density at radius 3 is 2.73 bits per heavy atom. The summed E-state index contributed by atoms with van der Waals surface area (Å²) in [4.78, 5) is 22.1. The summed E-state index contributed by atoms with van der Waals surface area (Å²) in [5.74, 6) is -0.833. The van der Waals surface area contributed by atoms with Crippen molar-refractivity contribution >= 4 is 16.9 Å². The van der Waals surface area contributed by atoms with Gasteiger partial charge in [-0.05, 0) is 24.3 Å². The molecule has 1 amide bonds. The summed E-state index contributed by atoms with van der Waals surface area (Å²) < 4.78 is 4.84. The number of hydrogen-bond acceptors (Lipinski definition) is 4. The van der Waals surface area contributed by atoms with Gasteiger partial charge in [0, 0.05) is 5.39 Å². The second-order valence-electron chi connectivity index (χ2n) is 3.03. The molecule has 0 aliphatic carbocycles. The summed E-state index contributed by atoms with van der Waals surface area (Å²) in [6.07, 6.45) is 0. The highest BCUT2D eigenvalue weighted by Gasteiger charge is 2.10. The Morgan fingerprint density at radius 1 is 1.33 bits per heavy atom. The lowest BCUT2D eigenvalue weighted by atomic mass is 10.2. The van der Waals surface area contributed by atoms with Crippen LogP contribution >= 0.6 is 0 Å². The average Bonchev–Trinajstić information content (AvgIpc) is 2.17. The van der Waals surface area contributed by atoms with E-state index in [-0.39, 0.29) is 11.3 Å². The quantitative estimate of drug-likeness (QED) is 0.666. The van der Waals surface area contributed by atoms with Crippen LogP contribution in [0.2, 0.25) is 0 Å². The van der Waals surface area contributed by atoms with Gasteiger partial charge in [-0.3, -0.25) is 4.79 Å². The molecule has 0 spiro atoms. The fourth-order valence-corrected chi connectivity index (χ4v) is 1.28. The minimum Gasteiger partial charge on any atom is -0.508 e. The van der Waals surface area contributed by atoms with Crippen molar-refractivity contribution in [2.45, 2.75) is 0 Å². The lowest BCUT2D eigenvalue weighted by molar-refractivity contribution is 0.0997. The maximum atomic E-state index is 11.2. The lowest BCUT2D eigenvalue weighted by Crippen LogP contribution is -2.20. The van der Waals surface area contributed by atoms with Gasteiger partial charge >= 0.3 is 5.63 Å². The Morgan fingerprint density at radius 2 is 2.07 bits per heavy atom. The highest BCUT2D eigenvalue weighted by Crippen LogP contribution is 2.18. The normalized spacial score (nSPS) is 10.4. The molecule has 1 aromatic carbocycles. The van der Waals surface area contributed by atoms with Gasteiger partial charge in [-0.25, -0.2) is 4.79 Å². The molecule has 0 atom stereocenters. The van der Waals surface area contributed by atoms with Crippen LogP contribution in [0.25, 0.3) is 11.0 Å². The van der Waals surface area contributed by atoms with Gasteiger partial charge in [0.1, 0.15) is 16.9 Å². The standard InChI is InChI=1S/C10H7NO4/c11-9(13)7-4-5-3-6(12)1-2-8(5)15-10(7)14/h1-4,12H,(H2,11,13). The topological polar surface area (TPSA) is 93.5 Å². The van der Waals surface area contributed by atoms with E-state index in [1.54, 1.807) is 0 Å². The number of carbonyl (C=O) groups excluding carboxylic acids is 1. The van der Waals surface area contributed by atoms with Gasteiger partial charge in [0.05, 0.1) is 0 Å². The predicted molar refractivity (Wildman–Crippen MR) is 52.7 cm³/mol. The van der Waals surface area contributed by atoms with Crippen LogP contribution in [0.15, 0.2) is 33.5 Å². The molecule has 0 saturated heterocycles. The first-order valence-corrected chi connectivity index (χ1v) is 4.14. The van der Waals surface area contributed by atoms with Crippen LogP contribution in [0.4, 0.5) is 0 Å². The molecule has 0 aliphatic heterocycles. The Kier molecular flexibility index (Phi) is 1.93. The van der Waals surface area contributed by atoms with Crippen LogP contribution in [0.1, 0.15) is 10.4 Å². The molecule has 15 heavy (non-hydrogen) atoms. The van der Waals surface area contributed by atoms with Gasteiger partial charge in [-0.1, -0.05) is 0 Å². The molecule has 5 nitrogen and oxygen atoms in total. The maximum Gasteiger partial charge on any atom is 0.349 e. The predicted octanol–water partition coefficient (Wildman–Crippen LogP) is 0.597. The zero-order valence-corrected chi connectivity index (χ0v) is 7.56. The number of benzene rings is 1. The van der Waals surface area contributed by atoms with Crippen molar-refractivity contribution < 1.29 is 14.3 Å². The smallest absolute Gasteiger partial charge is 0.349 e. The number of fused-ring (bicyclic) bond motifs is 1. The minimum absolute atomic E-state index is 0.0202. The summed E-state index contributed by atoms with van der Waals surface area (Å²) in [7, 11) is 0. The maximum absolute atomic E-state index is 11.2. The number of carbonyl (C=O) groups is 1. The highest BCUT2D eigenvalue weighted by molar-refractivity contribution is 5.95. The van der Waals surface area contributed by atoms with E-state index in [0.29, 0.717) is 11.0 Å². The summed E-state index contributed by atoms with van der Waals surface area (Å²) in [6, 6.07) is 5.50. The van der Waals surface area contributed by atoms with Crippen molar-refractivity contribution in [2.75, 3.05) is 0 Å². The average molecular weight is 205 g/mol. The zero-order valence-electron chi connectivity index (χ0n) is 7.56. The van der Waals surface area contributed by atoms with Gasteiger partial charge in [-0.2, -0.15) is 0 Å². The number of aromatic hydroxyl groups is 1. The van der Waals surface area contributed by atoms with Crippen molar-refractivity contribution in [2.24, 2.45) is 5.73 Å². The third-order valence-electron chi connectivity index (χ3n) is 1.98. The number of hydrogen-bond donors (Lipinski definition) is 2. The summed E-state index contributed by atoms with van der Waals surface area (Å²) in [5.41, 5.74) is 4.27. The molecule has 0 bridgehead atoms. The molecule has 0 aliphatic rings. The monoisotopic (exact) mass is 205 g/mol. The second kappa shape index (κ2) is 3.13. The highest BCUT2D eigenvalue weighted by atomic mass is 16.4. The number of rotatable bonds is 1. The second-order valence-corrected chi connectivity index (χ2v) is 3.03. The molecule has 0 fully saturated rings. The Bertz CT molecular complexity index is 600. The number of amides is 1. The van der Waals surface area contributed by atoms with Gasteiger partial charge in [0.25, 0.3) is 5.91 Å². The molecule has 2 rings (SSSR count). The van der Waals surface area contributed by atoms with Gasteiger partial charge in [0.2, 0.25) is 0 Å². The molecular weight excluding hydrogens is 198 g/mol. The third kappa shape index (κ3) is 1.54. The summed E-state index contributed by atoms with van der Waals surface area (Å²) in [6.45, 7) is 0. The van der Waals surface area contributed by atoms with Gasteiger partial charge in [0.15, 0.2) is 0 Å². The summed E-state index contributed by atoms with van der Waals surface area (Å²) >= 11 is 0. The van der Waals surface area contributed by atoms with Crippen molar-refractivity contribution in [3.8, 4) is 5.75 Å². The van der Waals surface area contributed by atoms with Crippen LogP contribution in [-0.2, 0) is 0 Å². The Hall–Kier alpha value is -2.30. The summed E-state index contributed by atoms with van der Waals surface area (Å²) in [5, 5.41) is 9.64. The molecule has 0 unspecified atom stereocenters. The molecule has 1 heterocycles. The Balaban J connectivity index is 2.83. The zero-order chi connectivity index (χ0) is 11.0. The molecule has 3 N–H and O–H groups in total.